The van der Waals surface area contributed by atoms with E-state index in [1.165, 1.54) is 10.6 Å². The van der Waals surface area contributed by atoms with E-state index >= 15 is 0 Å². The fourth-order valence-corrected chi connectivity index (χ4v) is 4.48. The van der Waals surface area contributed by atoms with Crippen molar-refractivity contribution >= 4 is 33.0 Å². The Bertz CT molecular complexity index is 912. The molecule has 0 aliphatic carbocycles. The van der Waals surface area contributed by atoms with E-state index in [1.54, 1.807) is 38.5 Å². The first-order valence-corrected chi connectivity index (χ1v) is 11.5. The smallest absolute Gasteiger partial charge is 0.243 e. The molecule has 0 saturated carbocycles. The van der Waals surface area contributed by atoms with Gasteiger partial charge in [0, 0.05) is 46.1 Å². The molecule has 1 aromatic heterocycles. The highest BCUT2D eigenvalue weighted by Gasteiger charge is 2.21. The third-order valence-electron chi connectivity index (χ3n) is 4.75. The number of anilines is 4. The van der Waals surface area contributed by atoms with Crippen LogP contribution in [-0.4, -0.2) is 76.3 Å². The lowest BCUT2D eigenvalue weighted by Gasteiger charge is -2.25. The molecule has 10 nitrogen and oxygen atoms in total. The van der Waals surface area contributed by atoms with Crippen molar-refractivity contribution in [1.82, 2.24) is 14.3 Å². The van der Waals surface area contributed by atoms with Gasteiger partial charge in [0.1, 0.15) is 12.0 Å². The molecule has 0 aliphatic rings. The van der Waals surface area contributed by atoms with Crippen LogP contribution in [-0.2, 0) is 19.5 Å². The number of benzene rings is 1. The summed E-state index contributed by atoms with van der Waals surface area (Å²) >= 11 is 0. The summed E-state index contributed by atoms with van der Waals surface area (Å²) in [6.07, 6.45) is 1.43. The molecule has 0 spiro atoms. The first-order valence-electron chi connectivity index (χ1n) is 10.1. The molecule has 2 rings (SSSR count). The Labute approximate surface area is 184 Å². The standard InChI is InChI=1S/C20H32N6O4S/c1-5-26(6-2)31(27,28)17-9-7-16(8-10-17)24-19-18(21)20(23-15-22-19)25(11-13-29-3)12-14-30-4/h7-10,15H,5-6,11-14,21H2,1-4H3,(H,22,23,24). The molecule has 0 radical (unpaired) electrons. The summed E-state index contributed by atoms with van der Waals surface area (Å²) in [5.41, 5.74) is 7.38. The molecular formula is C20H32N6O4S. The second kappa shape index (κ2) is 11.8. The number of hydrogen-bond acceptors (Lipinski definition) is 9. The molecule has 1 aromatic carbocycles. The highest BCUT2D eigenvalue weighted by atomic mass is 32.2. The average molecular weight is 453 g/mol. The zero-order valence-corrected chi connectivity index (χ0v) is 19.4. The molecule has 0 fully saturated rings. The van der Waals surface area contributed by atoms with Gasteiger partial charge in [-0.05, 0) is 24.3 Å². The van der Waals surface area contributed by atoms with Crippen molar-refractivity contribution in [2.75, 3.05) is 69.6 Å². The molecule has 1 heterocycles. The summed E-state index contributed by atoms with van der Waals surface area (Å²) in [7, 11) is -0.242. The van der Waals surface area contributed by atoms with Gasteiger partial charge in [0.05, 0.1) is 18.1 Å². The van der Waals surface area contributed by atoms with E-state index in [2.05, 4.69) is 15.3 Å². The molecule has 0 unspecified atom stereocenters. The van der Waals surface area contributed by atoms with Crippen molar-refractivity contribution in [1.29, 1.82) is 0 Å². The maximum absolute atomic E-state index is 12.6. The first kappa shape index (κ1) is 24.8. The van der Waals surface area contributed by atoms with Crippen molar-refractivity contribution in [3.05, 3.63) is 30.6 Å². The highest BCUT2D eigenvalue weighted by Crippen LogP contribution is 2.29. The van der Waals surface area contributed by atoms with E-state index in [0.29, 0.717) is 62.4 Å². The van der Waals surface area contributed by atoms with Crippen LogP contribution < -0.4 is 16.0 Å². The van der Waals surface area contributed by atoms with Crippen LogP contribution in [0.4, 0.5) is 23.0 Å². The van der Waals surface area contributed by atoms with Gasteiger partial charge in [0.15, 0.2) is 11.6 Å². The molecule has 31 heavy (non-hydrogen) atoms. The summed E-state index contributed by atoms with van der Waals surface area (Å²) in [6.45, 7) is 6.68. The second-order valence-electron chi connectivity index (χ2n) is 6.67. The largest absolute Gasteiger partial charge is 0.393 e. The highest BCUT2D eigenvalue weighted by molar-refractivity contribution is 7.89. The average Bonchev–Trinajstić information content (AvgIpc) is 2.77. The van der Waals surface area contributed by atoms with Crippen LogP contribution in [0.25, 0.3) is 0 Å². The zero-order valence-electron chi connectivity index (χ0n) is 18.5. The SMILES string of the molecule is CCN(CC)S(=O)(=O)c1ccc(Nc2ncnc(N(CCOC)CCOC)c2N)cc1. The van der Waals surface area contributed by atoms with Gasteiger partial charge in [-0.25, -0.2) is 18.4 Å². The Morgan fingerprint density at radius 3 is 2.10 bits per heavy atom. The quantitative estimate of drug-likeness (QED) is 0.469. The van der Waals surface area contributed by atoms with Gasteiger partial charge in [-0.2, -0.15) is 4.31 Å². The minimum absolute atomic E-state index is 0.239. The lowest BCUT2D eigenvalue weighted by molar-refractivity contribution is 0.190. The summed E-state index contributed by atoms with van der Waals surface area (Å²) < 4.78 is 37.1. The zero-order chi connectivity index (χ0) is 22.9. The van der Waals surface area contributed by atoms with Crippen LogP contribution in [0, 0.1) is 0 Å². The van der Waals surface area contributed by atoms with E-state index < -0.39 is 10.0 Å². The van der Waals surface area contributed by atoms with Crippen LogP contribution >= 0.6 is 0 Å². The minimum Gasteiger partial charge on any atom is -0.393 e. The van der Waals surface area contributed by atoms with Gasteiger partial charge in [-0.15, -0.1) is 0 Å². The summed E-state index contributed by atoms with van der Waals surface area (Å²) in [5, 5.41) is 3.14. The summed E-state index contributed by atoms with van der Waals surface area (Å²) in [5.74, 6) is 1.01. The minimum atomic E-state index is -3.51. The summed E-state index contributed by atoms with van der Waals surface area (Å²) in [6, 6.07) is 6.51. The Hall–Kier alpha value is -2.47. The third kappa shape index (κ3) is 6.26. The van der Waals surface area contributed by atoms with E-state index in [0.717, 1.165) is 0 Å². The van der Waals surface area contributed by atoms with Crippen LogP contribution in [0.3, 0.4) is 0 Å². The van der Waals surface area contributed by atoms with E-state index in [1.807, 2.05) is 18.7 Å². The lowest BCUT2D eigenvalue weighted by Crippen LogP contribution is -2.32. The van der Waals surface area contributed by atoms with Crippen LogP contribution in [0.2, 0.25) is 0 Å². The number of nitrogen functional groups attached to an aromatic ring is 1. The molecule has 172 valence electrons. The van der Waals surface area contributed by atoms with Crippen molar-refractivity contribution in [3.8, 4) is 0 Å². The third-order valence-corrected chi connectivity index (χ3v) is 6.82. The molecule has 0 atom stereocenters. The molecule has 3 N–H and O–H groups in total. The van der Waals surface area contributed by atoms with E-state index in [-0.39, 0.29) is 4.90 Å². The predicted octanol–water partition coefficient (Wildman–Crippen LogP) is 1.93. The fraction of sp³-hybridized carbons (Fsp3) is 0.500. The Morgan fingerprint density at radius 2 is 1.58 bits per heavy atom. The summed E-state index contributed by atoms with van der Waals surface area (Å²) in [4.78, 5) is 10.8. The van der Waals surface area contributed by atoms with E-state index in [4.69, 9.17) is 15.2 Å². The molecule has 0 amide bonds. The number of nitrogens with zero attached hydrogens (tertiary/aromatic N) is 4. The number of aromatic nitrogens is 2. The van der Waals surface area contributed by atoms with Crippen LogP contribution in [0.5, 0.6) is 0 Å². The monoisotopic (exact) mass is 452 g/mol. The molecule has 11 heteroatoms. The lowest BCUT2D eigenvalue weighted by atomic mass is 10.3. The topological polar surface area (TPSA) is 123 Å². The maximum atomic E-state index is 12.6. The van der Waals surface area contributed by atoms with Gasteiger partial charge in [-0.1, -0.05) is 13.8 Å². The number of nitrogens with one attached hydrogen (secondary N) is 1. The normalized spacial score (nSPS) is 11.6. The number of methoxy groups -OCH3 is 2. The van der Waals surface area contributed by atoms with Crippen molar-refractivity contribution in [3.63, 3.8) is 0 Å². The predicted molar refractivity (Wildman–Crippen MR) is 122 cm³/mol. The number of nitrogens with two attached hydrogens (primary N) is 1. The molecule has 0 aliphatic heterocycles. The number of sulfonamides is 1. The molecule has 0 bridgehead atoms. The molecule has 0 saturated heterocycles. The maximum Gasteiger partial charge on any atom is 0.243 e. The number of rotatable bonds is 13. The van der Waals surface area contributed by atoms with Gasteiger partial charge in [0.25, 0.3) is 0 Å². The van der Waals surface area contributed by atoms with Gasteiger partial charge in [-0.3, -0.25) is 0 Å². The molecular weight excluding hydrogens is 420 g/mol. The van der Waals surface area contributed by atoms with E-state index in [9.17, 15) is 8.42 Å². The van der Waals surface area contributed by atoms with Crippen LogP contribution in [0.1, 0.15) is 13.8 Å². The molecule has 2 aromatic rings. The van der Waals surface area contributed by atoms with Crippen molar-refractivity contribution in [2.24, 2.45) is 0 Å². The second-order valence-corrected chi connectivity index (χ2v) is 8.61. The van der Waals surface area contributed by atoms with Gasteiger partial charge >= 0.3 is 0 Å². The number of hydrogen-bond donors (Lipinski definition) is 2. The van der Waals surface area contributed by atoms with Crippen LogP contribution in [0.15, 0.2) is 35.5 Å². The Kier molecular flexibility index (Phi) is 9.44. The Morgan fingerprint density at radius 1 is 1.00 bits per heavy atom. The number of ether oxygens (including phenoxy) is 2. The van der Waals surface area contributed by atoms with Crippen molar-refractivity contribution < 1.29 is 17.9 Å². The van der Waals surface area contributed by atoms with Crippen molar-refractivity contribution in [2.45, 2.75) is 18.7 Å². The fourth-order valence-electron chi connectivity index (χ4n) is 3.02. The first-order chi connectivity index (χ1) is 14.9. The Balaban J connectivity index is 2.24. The van der Waals surface area contributed by atoms with Gasteiger partial charge in [0.2, 0.25) is 10.0 Å². The van der Waals surface area contributed by atoms with Gasteiger partial charge < -0.3 is 25.4 Å².